The Kier molecular flexibility index (Phi) is 4.41. The van der Waals surface area contributed by atoms with Crippen molar-refractivity contribution in [1.82, 2.24) is 20.2 Å². The van der Waals surface area contributed by atoms with Crippen LogP contribution in [-0.4, -0.2) is 32.7 Å². The standard InChI is InChI=1S/C13H18N6O/c1-9(8-14)6-12(20)15-11-5-3-4-10(7-11)13-16-17-18-19(13)2/h3-5,7,9H,6,8,14H2,1-2H3,(H,15,20). The number of hydrogen-bond acceptors (Lipinski definition) is 5. The molecule has 0 aliphatic heterocycles. The second-order valence-corrected chi connectivity index (χ2v) is 4.80. The average molecular weight is 274 g/mol. The van der Waals surface area contributed by atoms with Crippen LogP contribution in [0.15, 0.2) is 24.3 Å². The zero-order chi connectivity index (χ0) is 14.5. The molecule has 0 saturated heterocycles. The van der Waals surface area contributed by atoms with E-state index >= 15 is 0 Å². The van der Waals surface area contributed by atoms with Crippen LogP contribution in [0.25, 0.3) is 11.4 Å². The van der Waals surface area contributed by atoms with Crippen molar-refractivity contribution in [1.29, 1.82) is 0 Å². The number of tetrazole rings is 1. The molecule has 0 radical (unpaired) electrons. The van der Waals surface area contributed by atoms with Crippen LogP contribution in [0.3, 0.4) is 0 Å². The van der Waals surface area contributed by atoms with E-state index in [0.29, 0.717) is 18.8 Å². The van der Waals surface area contributed by atoms with Crippen LogP contribution in [0, 0.1) is 5.92 Å². The molecule has 0 bridgehead atoms. The van der Waals surface area contributed by atoms with Gasteiger partial charge in [0.2, 0.25) is 5.91 Å². The minimum absolute atomic E-state index is 0.0452. The van der Waals surface area contributed by atoms with Gasteiger partial charge in [-0.25, -0.2) is 4.68 Å². The third-order valence-electron chi connectivity index (χ3n) is 2.96. The topological polar surface area (TPSA) is 98.7 Å². The fraction of sp³-hybridized carbons (Fsp3) is 0.385. The Balaban J connectivity index is 2.11. The zero-order valence-electron chi connectivity index (χ0n) is 11.6. The van der Waals surface area contributed by atoms with Crippen LogP contribution < -0.4 is 11.1 Å². The van der Waals surface area contributed by atoms with Gasteiger partial charge in [-0.3, -0.25) is 4.79 Å². The number of nitrogens with two attached hydrogens (primary N) is 1. The van der Waals surface area contributed by atoms with Gasteiger partial charge in [-0.05, 0) is 35.0 Å². The van der Waals surface area contributed by atoms with Gasteiger partial charge in [0, 0.05) is 24.7 Å². The van der Waals surface area contributed by atoms with Crippen LogP contribution in [0.1, 0.15) is 13.3 Å². The number of carbonyl (C=O) groups excluding carboxylic acids is 1. The Labute approximate surface area is 117 Å². The number of rotatable bonds is 5. The first-order valence-electron chi connectivity index (χ1n) is 6.43. The predicted octanol–water partition coefficient (Wildman–Crippen LogP) is 0.800. The summed E-state index contributed by atoms with van der Waals surface area (Å²) in [6.45, 7) is 2.44. The molecule has 1 atom stereocenters. The number of aromatic nitrogens is 4. The summed E-state index contributed by atoms with van der Waals surface area (Å²) in [7, 11) is 1.77. The first kappa shape index (κ1) is 14.1. The lowest BCUT2D eigenvalue weighted by molar-refractivity contribution is -0.116. The SMILES string of the molecule is CC(CN)CC(=O)Nc1cccc(-c2nnnn2C)c1. The van der Waals surface area contributed by atoms with Crippen LogP contribution in [0.4, 0.5) is 5.69 Å². The summed E-state index contributed by atoms with van der Waals surface area (Å²) in [6, 6.07) is 7.42. The Morgan fingerprint density at radius 2 is 2.30 bits per heavy atom. The van der Waals surface area contributed by atoms with Crippen molar-refractivity contribution in [3.63, 3.8) is 0 Å². The smallest absolute Gasteiger partial charge is 0.224 e. The molecule has 0 aliphatic rings. The molecule has 2 rings (SSSR count). The summed E-state index contributed by atoms with van der Waals surface area (Å²) in [5.74, 6) is 0.772. The second-order valence-electron chi connectivity index (χ2n) is 4.80. The Bertz CT molecular complexity index is 594. The first-order chi connectivity index (χ1) is 9.60. The Hall–Kier alpha value is -2.28. The van der Waals surface area contributed by atoms with E-state index in [0.717, 1.165) is 11.3 Å². The summed E-state index contributed by atoms with van der Waals surface area (Å²) < 4.78 is 1.58. The average Bonchev–Trinajstić information content (AvgIpc) is 2.85. The molecule has 1 unspecified atom stereocenters. The molecule has 3 N–H and O–H groups in total. The molecule has 0 spiro atoms. The van der Waals surface area contributed by atoms with E-state index in [2.05, 4.69) is 20.8 Å². The summed E-state index contributed by atoms with van der Waals surface area (Å²) in [6.07, 6.45) is 0.409. The number of aryl methyl sites for hydroxylation is 1. The molecule has 1 aromatic heterocycles. The molecule has 7 heteroatoms. The highest BCUT2D eigenvalue weighted by Gasteiger charge is 2.10. The van der Waals surface area contributed by atoms with E-state index in [1.807, 2.05) is 31.2 Å². The molecule has 1 heterocycles. The van der Waals surface area contributed by atoms with Gasteiger partial charge in [0.25, 0.3) is 0 Å². The van der Waals surface area contributed by atoms with E-state index in [-0.39, 0.29) is 11.8 Å². The summed E-state index contributed by atoms with van der Waals surface area (Å²) >= 11 is 0. The van der Waals surface area contributed by atoms with Crippen LogP contribution in [0.2, 0.25) is 0 Å². The van der Waals surface area contributed by atoms with Crippen molar-refractivity contribution in [2.24, 2.45) is 18.7 Å². The number of carbonyl (C=O) groups is 1. The molecule has 106 valence electrons. The predicted molar refractivity (Wildman–Crippen MR) is 75.7 cm³/mol. The lowest BCUT2D eigenvalue weighted by Crippen LogP contribution is -2.20. The number of anilines is 1. The maximum atomic E-state index is 11.8. The molecule has 0 fully saturated rings. The highest BCUT2D eigenvalue weighted by atomic mass is 16.1. The van der Waals surface area contributed by atoms with Gasteiger partial charge >= 0.3 is 0 Å². The van der Waals surface area contributed by atoms with Crippen LogP contribution in [0.5, 0.6) is 0 Å². The molecule has 0 aliphatic carbocycles. The van der Waals surface area contributed by atoms with Crippen LogP contribution >= 0.6 is 0 Å². The fourth-order valence-corrected chi connectivity index (χ4v) is 1.82. The number of hydrogen-bond donors (Lipinski definition) is 2. The molecule has 1 amide bonds. The van der Waals surface area contributed by atoms with E-state index in [4.69, 9.17) is 5.73 Å². The summed E-state index contributed by atoms with van der Waals surface area (Å²) in [5, 5.41) is 14.2. The van der Waals surface area contributed by atoms with Gasteiger partial charge in [0.1, 0.15) is 0 Å². The molecule has 20 heavy (non-hydrogen) atoms. The number of nitrogens with zero attached hydrogens (tertiary/aromatic N) is 4. The third kappa shape index (κ3) is 3.39. The third-order valence-corrected chi connectivity index (χ3v) is 2.96. The summed E-state index contributed by atoms with van der Waals surface area (Å²) in [5.41, 5.74) is 7.08. The van der Waals surface area contributed by atoms with E-state index in [9.17, 15) is 4.79 Å². The first-order valence-corrected chi connectivity index (χ1v) is 6.43. The maximum absolute atomic E-state index is 11.8. The lowest BCUT2D eigenvalue weighted by atomic mass is 10.1. The van der Waals surface area contributed by atoms with Gasteiger partial charge in [-0.2, -0.15) is 0 Å². The number of amides is 1. The van der Waals surface area contributed by atoms with Crippen molar-refractivity contribution in [3.8, 4) is 11.4 Å². The summed E-state index contributed by atoms with van der Waals surface area (Å²) in [4.78, 5) is 11.8. The van der Waals surface area contributed by atoms with Crippen molar-refractivity contribution >= 4 is 11.6 Å². The molecule has 0 saturated carbocycles. The van der Waals surface area contributed by atoms with Crippen molar-refractivity contribution in [3.05, 3.63) is 24.3 Å². The van der Waals surface area contributed by atoms with Crippen LogP contribution in [-0.2, 0) is 11.8 Å². The minimum Gasteiger partial charge on any atom is -0.330 e. The van der Waals surface area contributed by atoms with E-state index in [1.165, 1.54) is 0 Å². The zero-order valence-corrected chi connectivity index (χ0v) is 11.6. The molecular formula is C13H18N6O. The maximum Gasteiger partial charge on any atom is 0.224 e. The number of nitrogens with one attached hydrogen (secondary N) is 1. The van der Waals surface area contributed by atoms with Gasteiger partial charge in [-0.15, -0.1) is 5.10 Å². The Morgan fingerprint density at radius 1 is 1.50 bits per heavy atom. The highest BCUT2D eigenvalue weighted by Crippen LogP contribution is 2.19. The van der Waals surface area contributed by atoms with Gasteiger partial charge in [0.15, 0.2) is 5.82 Å². The Morgan fingerprint density at radius 3 is 2.95 bits per heavy atom. The molecule has 2 aromatic rings. The normalized spacial score (nSPS) is 12.2. The van der Waals surface area contributed by atoms with Gasteiger partial charge in [0.05, 0.1) is 0 Å². The molecule has 1 aromatic carbocycles. The molecular weight excluding hydrogens is 256 g/mol. The van der Waals surface area contributed by atoms with E-state index < -0.39 is 0 Å². The van der Waals surface area contributed by atoms with E-state index in [1.54, 1.807) is 11.7 Å². The minimum atomic E-state index is -0.0452. The largest absolute Gasteiger partial charge is 0.330 e. The molecule has 7 nitrogen and oxygen atoms in total. The monoisotopic (exact) mass is 274 g/mol. The van der Waals surface area contributed by atoms with Gasteiger partial charge < -0.3 is 11.1 Å². The van der Waals surface area contributed by atoms with Crippen molar-refractivity contribution in [2.75, 3.05) is 11.9 Å². The number of benzene rings is 1. The highest BCUT2D eigenvalue weighted by molar-refractivity contribution is 5.91. The fourth-order valence-electron chi connectivity index (χ4n) is 1.82. The quantitative estimate of drug-likeness (QED) is 0.840. The lowest BCUT2D eigenvalue weighted by Gasteiger charge is -2.10. The van der Waals surface area contributed by atoms with Gasteiger partial charge in [-0.1, -0.05) is 19.1 Å². The van der Waals surface area contributed by atoms with Crippen molar-refractivity contribution < 1.29 is 4.79 Å². The van der Waals surface area contributed by atoms with Crippen molar-refractivity contribution in [2.45, 2.75) is 13.3 Å². The second kappa shape index (κ2) is 6.25.